The van der Waals surface area contributed by atoms with Crippen molar-refractivity contribution in [1.82, 2.24) is 14.7 Å². The van der Waals surface area contributed by atoms with Crippen LogP contribution in [0.2, 0.25) is 0 Å². The summed E-state index contributed by atoms with van der Waals surface area (Å²) in [5.74, 6) is -0.270. The second kappa shape index (κ2) is 5.42. The molecule has 0 unspecified atom stereocenters. The van der Waals surface area contributed by atoms with Gasteiger partial charge in [0.25, 0.3) is 0 Å². The van der Waals surface area contributed by atoms with Crippen molar-refractivity contribution in [1.29, 1.82) is 0 Å². The molecule has 0 fully saturated rings. The van der Waals surface area contributed by atoms with Gasteiger partial charge in [-0.15, -0.1) is 0 Å². The lowest BCUT2D eigenvalue weighted by Gasteiger charge is -2.26. The summed E-state index contributed by atoms with van der Waals surface area (Å²) in [6, 6.07) is 0. The minimum Gasteiger partial charge on any atom is -0.461 e. The van der Waals surface area contributed by atoms with Crippen LogP contribution in [0.3, 0.4) is 0 Å². The third-order valence-corrected chi connectivity index (χ3v) is 3.32. The van der Waals surface area contributed by atoms with E-state index in [1.54, 1.807) is 23.6 Å². The zero-order valence-electron chi connectivity index (χ0n) is 11.6. The molecule has 6 nitrogen and oxygen atoms in total. The first-order valence-corrected chi connectivity index (χ1v) is 6.58. The number of fused-ring (bicyclic) bond motifs is 1. The number of hydrogen-bond acceptors (Lipinski definition) is 4. The zero-order chi connectivity index (χ0) is 14.0. The summed E-state index contributed by atoms with van der Waals surface area (Å²) in [5.41, 5.74) is 2.19. The number of hydrogen-bond donors (Lipinski definition) is 0. The summed E-state index contributed by atoms with van der Waals surface area (Å²) >= 11 is 0. The molecule has 0 saturated carbocycles. The molecule has 1 aromatic heterocycles. The fourth-order valence-corrected chi connectivity index (χ4v) is 2.39. The van der Waals surface area contributed by atoms with Crippen molar-refractivity contribution in [2.45, 2.75) is 33.2 Å². The van der Waals surface area contributed by atoms with Crippen LogP contribution in [0.25, 0.3) is 0 Å². The van der Waals surface area contributed by atoms with Crippen LogP contribution < -0.4 is 0 Å². The van der Waals surface area contributed by atoms with Crippen molar-refractivity contribution in [2.75, 3.05) is 13.2 Å². The Labute approximate surface area is 112 Å². The van der Waals surface area contributed by atoms with Crippen molar-refractivity contribution in [3.63, 3.8) is 0 Å². The van der Waals surface area contributed by atoms with Gasteiger partial charge in [-0.3, -0.25) is 9.48 Å². The number of amides is 1. The van der Waals surface area contributed by atoms with E-state index in [0.29, 0.717) is 38.2 Å². The van der Waals surface area contributed by atoms with Crippen molar-refractivity contribution in [2.24, 2.45) is 7.05 Å². The number of aryl methyl sites for hydroxylation is 1. The first kappa shape index (κ1) is 13.6. The molecular formula is C13H19N3O3. The molecule has 0 radical (unpaired) electrons. The first-order valence-electron chi connectivity index (χ1n) is 6.58. The Kier molecular flexibility index (Phi) is 3.87. The van der Waals surface area contributed by atoms with E-state index in [0.717, 1.165) is 11.3 Å². The number of nitrogens with zero attached hydrogens (tertiary/aromatic N) is 3. The molecule has 0 bridgehead atoms. The van der Waals surface area contributed by atoms with Crippen LogP contribution in [0.5, 0.6) is 0 Å². The van der Waals surface area contributed by atoms with Gasteiger partial charge in [0, 0.05) is 38.5 Å². The summed E-state index contributed by atoms with van der Waals surface area (Å²) < 4.78 is 6.61. The maximum absolute atomic E-state index is 12.0. The predicted molar refractivity (Wildman–Crippen MR) is 68.6 cm³/mol. The molecule has 0 atom stereocenters. The van der Waals surface area contributed by atoms with E-state index in [2.05, 4.69) is 5.10 Å². The van der Waals surface area contributed by atoms with E-state index < -0.39 is 0 Å². The van der Waals surface area contributed by atoms with Crippen molar-refractivity contribution in [3.8, 4) is 0 Å². The molecule has 0 saturated heterocycles. The van der Waals surface area contributed by atoms with Crippen LogP contribution in [0.4, 0.5) is 0 Å². The van der Waals surface area contributed by atoms with Crippen molar-refractivity contribution in [3.05, 3.63) is 17.0 Å². The van der Waals surface area contributed by atoms with E-state index in [-0.39, 0.29) is 11.9 Å². The monoisotopic (exact) mass is 265 g/mol. The molecule has 2 heterocycles. The largest absolute Gasteiger partial charge is 0.461 e. The van der Waals surface area contributed by atoms with Gasteiger partial charge in [-0.2, -0.15) is 5.10 Å². The van der Waals surface area contributed by atoms with Crippen molar-refractivity contribution >= 4 is 11.9 Å². The van der Waals surface area contributed by atoms with E-state index in [9.17, 15) is 9.59 Å². The molecule has 1 amide bonds. The fraction of sp³-hybridized carbons (Fsp3) is 0.615. The summed E-state index contributed by atoms with van der Waals surface area (Å²) in [5, 5.41) is 4.35. The Hall–Kier alpha value is -1.85. The lowest BCUT2D eigenvalue weighted by molar-refractivity contribution is -0.131. The van der Waals surface area contributed by atoms with E-state index >= 15 is 0 Å². The topological polar surface area (TPSA) is 64.4 Å². The average molecular weight is 265 g/mol. The summed E-state index contributed by atoms with van der Waals surface area (Å²) in [4.78, 5) is 25.5. The Bertz CT molecular complexity index is 507. The number of rotatable bonds is 3. The molecule has 0 aromatic carbocycles. The van der Waals surface area contributed by atoms with Gasteiger partial charge in [0.05, 0.1) is 12.3 Å². The molecule has 1 aromatic rings. The Balaban J connectivity index is 2.31. The number of carbonyl (C=O) groups excluding carboxylic acids is 2. The second-order valence-electron chi connectivity index (χ2n) is 4.54. The van der Waals surface area contributed by atoms with Gasteiger partial charge in [-0.05, 0) is 6.92 Å². The van der Waals surface area contributed by atoms with Gasteiger partial charge in [-0.1, -0.05) is 6.92 Å². The van der Waals surface area contributed by atoms with Gasteiger partial charge in [0.2, 0.25) is 5.91 Å². The van der Waals surface area contributed by atoms with Crippen LogP contribution >= 0.6 is 0 Å². The van der Waals surface area contributed by atoms with E-state index in [1.807, 2.05) is 6.92 Å². The number of aromatic nitrogens is 2. The second-order valence-corrected chi connectivity index (χ2v) is 4.54. The quantitative estimate of drug-likeness (QED) is 0.761. The number of esters is 1. The zero-order valence-corrected chi connectivity index (χ0v) is 11.6. The van der Waals surface area contributed by atoms with Crippen molar-refractivity contribution < 1.29 is 14.3 Å². The van der Waals surface area contributed by atoms with Crippen LogP contribution in [-0.4, -0.2) is 39.7 Å². The molecule has 0 spiro atoms. The van der Waals surface area contributed by atoms with Gasteiger partial charge in [0.1, 0.15) is 0 Å². The predicted octanol–water partition coefficient (Wildman–Crippen LogP) is 0.891. The highest BCUT2D eigenvalue weighted by molar-refractivity contribution is 5.90. The summed E-state index contributed by atoms with van der Waals surface area (Å²) in [6.45, 7) is 5.06. The van der Waals surface area contributed by atoms with Crippen LogP contribution in [0.15, 0.2) is 0 Å². The molecule has 19 heavy (non-hydrogen) atoms. The molecule has 6 heteroatoms. The normalized spacial score (nSPS) is 14.2. The number of carbonyl (C=O) groups is 2. The maximum atomic E-state index is 12.0. The third kappa shape index (κ3) is 2.47. The van der Waals surface area contributed by atoms with Gasteiger partial charge >= 0.3 is 5.97 Å². The highest BCUT2D eigenvalue weighted by atomic mass is 16.5. The fourth-order valence-electron chi connectivity index (χ4n) is 2.39. The Morgan fingerprint density at radius 2 is 2.11 bits per heavy atom. The maximum Gasteiger partial charge on any atom is 0.356 e. The molecule has 1 aliphatic heterocycles. The SMILES string of the molecule is CCOC(=O)c1c2c(nn1C)CCN(C(=O)CC)C2. The molecule has 104 valence electrons. The summed E-state index contributed by atoms with van der Waals surface area (Å²) in [6.07, 6.45) is 1.17. The van der Waals surface area contributed by atoms with Gasteiger partial charge in [-0.25, -0.2) is 4.79 Å². The Morgan fingerprint density at radius 1 is 1.37 bits per heavy atom. The number of ether oxygens (including phenoxy) is 1. The van der Waals surface area contributed by atoms with Crippen LogP contribution in [0.1, 0.15) is 42.0 Å². The molecular weight excluding hydrogens is 246 g/mol. The molecule has 2 rings (SSSR count). The van der Waals surface area contributed by atoms with Gasteiger partial charge in [0.15, 0.2) is 5.69 Å². The van der Waals surface area contributed by atoms with E-state index in [1.165, 1.54) is 0 Å². The van der Waals surface area contributed by atoms with E-state index in [4.69, 9.17) is 4.74 Å². The molecule has 1 aliphatic rings. The summed E-state index contributed by atoms with van der Waals surface area (Å²) in [7, 11) is 1.73. The standard InChI is InChI=1S/C13H19N3O3/c1-4-11(17)16-7-6-10-9(8-16)12(15(3)14-10)13(18)19-5-2/h4-8H2,1-3H3. The van der Waals surface area contributed by atoms with Gasteiger partial charge < -0.3 is 9.64 Å². The smallest absolute Gasteiger partial charge is 0.356 e. The van der Waals surface area contributed by atoms with Crippen LogP contribution in [0, 0.1) is 0 Å². The highest BCUT2D eigenvalue weighted by Gasteiger charge is 2.29. The minimum absolute atomic E-state index is 0.101. The first-order chi connectivity index (χ1) is 9.08. The molecule has 0 aliphatic carbocycles. The van der Waals surface area contributed by atoms with Crippen LogP contribution in [-0.2, 0) is 29.5 Å². The average Bonchev–Trinajstić information content (AvgIpc) is 2.72. The molecule has 0 N–H and O–H groups in total. The minimum atomic E-state index is -0.371. The lowest BCUT2D eigenvalue weighted by Crippen LogP contribution is -2.35. The highest BCUT2D eigenvalue weighted by Crippen LogP contribution is 2.23. The Morgan fingerprint density at radius 3 is 2.74 bits per heavy atom. The lowest BCUT2D eigenvalue weighted by atomic mass is 10.0. The third-order valence-electron chi connectivity index (χ3n) is 3.32.